The van der Waals surface area contributed by atoms with Gasteiger partial charge in [0.15, 0.2) is 5.69 Å². The van der Waals surface area contributed by atoms with Crippen LogP contribution in [0.5, 0.6) is 5.75 Å². The molecule has 0 saturated carbocycles. The van der Waals surface area contributed by atoms with Gasteiger partial charge in [-0.3, -0.25) is 4.79 Å². The second-order valence-corrected chi connectivity index (χ2v) is 9.01. The van der Waals surface area contributed by atoms with Crippen molar-refractivity contribution in [2.24, 2.45) is 0 Å². The standard InChI is InChI=1S/C24H21F6N3O3S/c25-23(26,27)20-19(21(34)31-9-8-15-4-3-5-16(14-15)36-24(28,29)30)37-22(32-20)17-6-1-2-7-18(17)33-10-12-35-13-11-33/h1-7,14H,8-13H2,(H,31,34). The van der Waals surface area contributed by atoms with E-state index in [0.717, 1.165) is 12.1 Å². The second kappa shape index (κ2) is 11.0. The quantitative estimate of drug-likeness (QED) is 0.396. The van der Waals surface area contributed by atoms with Crippen LogP contribution in [0.1, 0.15) is 20.9 Å². The number of ether oxygens (including phenoxy) is 2. The Bertz CT molecular complexity index is 1240. The molecule has 1 aliphatic rings. The highest BCUT2D eigenvalue weighted by atomic mass is 32.1. The van der Waals surface area contributed by atoms with Crippen molar-refractivity contribution in [3.05, 3.63) is 64.7 Å². The van der Waals surface area contributed by atoms with Crippen molar-refractivity contribution in [3.8, 4) is 16.3 Å². The Balaban J connectivity index is 1.52. The molecule has 1 aliphatic heterocycles. The molecule has 198 valence electrons. The average Bonchev–Trinajstić information content (AvgIpc) is 3.30. The maximum atomic E-state index is 13.8. The number of alkyl halides is 6. The fourth-order valence-electron chi connectivity index (χ4n) is 3.81. The number of anilines is 1. The first-order chi connectivity index (χ1) is 17.5. The van der Waals surface area contributed by atoms with Crippen molar-refractivity contribution in [2.75, 3.05) is 37.7 Å². The number of carbonyl (C=O) groups is 1. The van der Waals surface area contributed by atoms with Crippen LogP contribution in [0.4, 0.5) is 32.0 Å². The number of nitrogens with zero attached hydrogens (tertiary/aromatic N) is 2. The van der Waals surface area contributed by atoms with Gasteiger partial charge in [-0.05, 0) is 36.2 Å². The van der Waals surface area contributed by atoms with Gasteiger partial charge in [0.25, 0.3) is 5.91 Å². The van der Waals surface area contributed by atoms with Gasteiger partial charge in [-0.25, -0.2) is 4.98 Å². The largest absolute Gasteiger partial charge is 0.573 e. The number of rotatable bonds is 7. The number of amides is 1. The molecule has 3 aromatic rings. The van der Waals surface area contributed by atoms with Crippen LogP contribution >= 0.6 is 11.3 Å². The average molecular weight is 546 g/mol. The molecule has 0 spiro atoms. The number of hydrogen-bond donors (Lipinski definition) is 1. The molecule has 37 heavy (non-hydrogen) atoms. The molecule has 2 aromatic carbocycles. The number of benzene rings is 2. The minimum absolute atomic E-state index is 0.0524. The molecular weight excluding hydrogens is 524 g/mol. The normalized spacial score (nSPS) is 14.5. The van der Waals surface area contributed by atoms with Gasteiger partial charge in [-0.2, -0.15) is 13.2 Å². The molecule has 0 aliphatic carbocycles. The van der Waals surface area contributed by atoms with Crippen molar-refractivity contribution in [1.29, 1.82) is 0 Å². The summed E-state index contributed by atoms with van der Waals surface area (Å²) in [5, 5.41) is 2.46. The van der Waals surface area contributed by atoms with Crippen LogP contribution in [0.2, 0.25) is 0 Å². The highest BCUT2D eigenvalue weighted by molar-refractivity contribution is 7.17. The lowest BCUT2D eigenvalue weighted by Crippen LogP contribution is -2.36. The summed E-state index contributed by atoms with van der Waals surface area (Å²) in [5.74, 6) is -1.40. The molecule has 0 bridgehead atoms. The summed E-state index contributed by atoms with van der Waals surface area (Å²) < 4.78 is 87.9. The topological polar surface area (TPSA) is 63.7 Å². The molecule has 1 amide bonds. The minimum Gasteiger partial charge on any atom is -0.406 e. The third kappa shape index (κ3) is 6.92. The molecule has 1 saturated heterocycles. The molecule has 1 N–H and O–H groups in total. The Hall–Kier alpha value is -3.32. The van der Waals surface area contributed by atoms with E-state index in [1.165, 1.54) is 12.1 Å². The fraction of sp³-hybridized carbons (Fsp3) is 0.333. The maximum Gasteiger partial charge on any atom is 0.573 e. The summed E-state index contributed by atoms with van der Waals surface area (Å²) in [4.78, 5) is 17.9. The lowest BCUT2D eigenvalue weighted by Gasteiger charge is -2.30. The molecule has 2 heterocycles. The third-order valence-corrected chi connectivity index (χ3v) is 6.51. The van der Waals surface area contributed by atoms with E-state index in [1.807, 2.05) is 4.90 Å². The summed E-state index contributed by atoms with van der Waals surface area (Å²) in [5.41, 5.74) is 0.284. The van der Waals surface area contributed by atoms with E-state index >= 15 is 0 Å². The Labute approximate surface area is 211 Å². The van der Waals surface area contributed by atoms with Crippen molar-refractivity contribution < 1.29 is 40.6 Å². The maximum absolute atomic E-state index is 13.8. The van der Waals surface area contributed by atoms with E-state index in [0.29, 0.717) is 54.5 Å². The first kappa shape index (κ1) is 26.7. The first-order valence-corrected chi connectivity index (χ1v) is 12.0. The zero-order valence-corrected chi connectivity index (χ0v) is 20.0. The second-order valence-electron chi connectivity index (χ2n) is 8.01. The Morgan fingerprint density at radius 3 is 2.49 bits per heavy atom. The van der Waals surface area contributed by atoms with Crippen LogP contribution in [-0.2, 0) is 17.3 Å². The molecule has 13 heteroatoms. The SMILES string of the molecule is O=C(NCCc1cccc(OC(F)(F)F)c1)c1sc(-c2ccccc2N2CCOCC2)nc1C(F)(F)F. The number of halogens is 6. The van der Waals surface area contributed by atoms with Crippen molar-refractivity contribution in [2.45, 2.75) is 19.0 Å². The number of thiazole rings is 1. The first-order valence-electron chi connectivity index (χ1n) is 11.1. The van der Waals surface area contributed by atoms with E-state index in [9.17, 15) is 31.1 Å². The number of hydrogen-bond acceptors (Lipinski definition) is 6. The van der Waals surface area contributed by atoms with E-state index < -0.39 is 34.8 Å². The summed E-state index contributed by atoms with van der Waals surface area (Å²) >= 11 is 0.635. The smallest absolute Gasteiger partial charge is 0.406 e. The highest BCUT2D eigenvalue weighted by Gasteiger charge is 2.40. The van der Waals surface area contributed by atoms with Crippen molar-refractivity contribution in [1.82, 2.24) is 10.3 Å². The van der Waals surface area contributed by atoms with Gasteiger partial charge in [0.1, 0.15) is 15.6 Å². The zero-order chi connectivity index (χ0) is 26.6. The van der Waals surface area contributed by atoms with Crippen LogP contribution in [0.15, 0.2) is 48.5 Å². The Kier molecular flexibility index (Phi) is 7.93. The lowest BCUT2D eigenvalue weighted by atomic mass is 10.1. The van der Waals surface area contributed by atoms with Gasteiger partial charge in [0.05, 0.1) is 13.2 Å². The van der Waals surface area contributed by atoms with Gasteiger partial charge in [-0.1, -0.05) is 24.3 Å². The van der Waals surface area contributed by atoms with Crippen molar-refractivity contribution in [3.63, 3.8) is 0 Å². The molecule has 0 unspecified atom stereocenters. The number of carbonyl (C=O) groups excluding carboxylic acids is 1. The van der Waals surface area contributed by atoms with Gasteiger partial charge >= 0.3 is 12.5 Å². The number of nitrogens with one attached hydrogen (secondary N) is 1. The molecule has 6 nitrogen and oxygen atoms in total. The summed E-state index contributed by atoms with van der Waals surface area (Å²) in [6.07, 6.45) is -9.64. The van der Waals surface area contributed by atoms with Crippen molar-refractivity contribution >= 4 is 22.9 Å². The fourth-order valence-corrected chi connectivity index (χ4v) is 4.85. The van der Waals surface area contributed by atoms with Crippen LogP contribution in [-0.4, -0.2) is 50.1 Å². The summed E-state index contributed by atoms with van der Waals surface area (Å²) in [6, 6.07) is 12.0. The Morgan fingerprint density at radius 2 is 1.78 bits per heavy atom. The number of morpholine rings is 1. The van der Waals surface area contributed by atoms with E-state index in [-0.39, 0.29) is 18.0 Å². The molecule has 1 aromatic heterocycles. The minimum atomic E-state index is -4.86. The predicted octanol–water partition coefficient (Wildman–Crippen LogP) is 5.54. The predicted molar refractivity (Wildman–Crippen MR) is 125 cm³/mol. The van der Waals surface area contributed by atoms with E-state index in [4.69, 9.17) is 4.74 Å². The van der Waals surface area contributed by atoms with Gasteiger partial charge in [0, 0.05) is 30.9 Å². The molecule has 4 rings (SSSR count). The molecule has 0 radical (unpaired) electrons. The van der Waals surface area contributed by atoms with Gasteiger partial charge in [-0.15, -0.1) is 24.5 Å². The third-order valence-electron chi connectivity index (χ3n) is 5.42. The molecular formula is C24H21F6N3O3S. The zero-order valence-electron chi connectivity index (χ0n) is 19.2. The molecule has 1 fully saturated rings. The van der Waals surface area contributed by atoms with Gasteiger partial charge < -0.3 is 19.7 Å². The Morgan fingerprint density at radius 1 is 1.05 bits per heavy atom. The monoisotopic (exact) mass is 545 g/mol. The summed E-state index contributed by atoms with van der Waals surface area (Å²) in [6.45, 7) is 2.00. The van der Waals surface area contributed by atoms with Gasteiger partial charge in [0.2, 0.25) is 0 Å². The van der Waals surface area contributed by atoms with Crippen LogP contribution < -0.4 is 15.0 Å². The molecule has 0 atom stereocenters. The van der Waals surface area contributed by atoms with Crippen LogP contribution in [0.25, 0.3) is 10.6 Å². The van der Waals surface area contributed by atoms with Crippen LogP contribution in [0, 0.1) is 0 Å². The van der Waals surface area contributed by atoms with Crippen LogP contribution in [0.3, 0.4) is 0 Å². The number of aromatic nitrogens is 1. The summed E-state index contributed by atoms with van der Waals surface area (Å²) in [7, 11) is 0. The lowest BCUT2D eigenvalue weighted by molar-refractivity contribution is -0.274. The van der Waals surface area contributed by atoms with E-state index in [2.05, 4.69) is 15.0 Å². The highest BCUT2D eigenvalue weighted by Crippen LogP contribution is 2.40. The van der Waals surface area contributed by atoms with E-state index in [1.54, 1.807) is 24.3 Å². The number of para-hydroxylation sites is 1.